The predicted octanol–water partition coefficient (Wildman–Crippen LogP) is 3.46. The van der Waals surface area contributed by atoms with Gasteiger partial charge in [0.15, 0.2) is 5.82 Å². The number of rotatable bonds is 2. The first-order valence-corrected chi connectivity index (χ1v) is 6.05. The van der Waals surface area contributed by atoms with Crippen molar-refractivity contribution in [3.63, 3.8) is 0 Å². The number of hydrogen-bond acceptors (Lipinski definition) is 2. The van der Waals surface area contributed by atoms with E-state index in [2.05, 4.69) is 39.9 Å². The Kier molecular flexibility index (Phi) is 3.10. The first-order valence-electron chi connectivity index (χ1n) is 5.26. The molecule has 0 aromatic carbocycles. The van der Waals surface area contributed by atoms with Crippen LogP contribution in [0, 0.1) is 6.92 Å². The van der Waals surface area contributed by atoms with Crippen LogP contribution >= 0.6 is 15.9 Å². The van der Waals surface area contributed by atoms with Gasteiger partial charge in [0.1, 0.15) is 0 Å². The van der Waals surface area contributed by atoms with Gasteiger partial charge in [-0.25, -0.2) is 9.67 Å². The average molecular weight is 280 g/mol. The fraction of sp³-hybridized carbons (Fsp3) is 0.333. The predicted molar refractivity (Wildman–Crippen MR) is 67.9 cm³/mol. The van der Waals surface area contributed by atoms with Gasteiger partial charge in [0.2, 0.25) is 0 Å². The molecular formula is C12H14BrN3. The van der Waals surface area contributed by atoms with Crippen molar-refractivity contribution >= 4 is 15.9 Å². The van der Waals surface area contributed by atoms with E-state index < -0.39 is 0 Å². The molecule has 0 aliphatic carbocycles. The fourth-order valence-corrected chi connectivity index (χ4v) is 1.64. The second-order valence-corrected chi connectivity index (χ2v) is 4.99. The molecule has 84 valence electrons. The number of hydrogen-bond donors (Lipinski definition) is 0. The molecule has 0 spiro atoms. The fourth-order valence-electron chi connectivity index (χ4n) is 1.42. The summed E-state index contributed by atoms with van der Waals surface area (Å²) >= 11 is 3.44. The zero-order valence-corrected chi connectivity index (χ0v) is 11.2. The third-order valence-corrected chi connectivity index (χ3v) is 3.30. The van der Waals surface area contributed by atoms with Gasteiger partial charge < -0.3 is 0 Å². The molecule has 3 nitrogen and oxygen atoms in total. The van der Waals surface area contributed by atoms with Crippen LogP contribution in [-0.2, 0) is 0 Å². The first kappa shape index (κ1) is 11.3. The molecule has 4 heteroatoms. The number of nitrogens with zero attached hydrogens (tertiary/aromatic N) is 3. The molecule has 0 aliphatic heterocycles. The van der Waals surface area contributed by atoms with Crippen LogP contribution in [0.2, 0.25) is 0 Å². The van der Waals surface area contributed by atoms with Crippen molar-refractivity contribution in [2.45, 2.75) is 26.7 Å². The van der Waals surface area contributed by atoms with E-state index in [0.29, 0.717) is 5.92 Å². The van der Waals surface area contributed by atoms with Crippen molar-refractivity contribution in [3.05, 3.63) is 40.3 Å². The summed E-state index contributed by atoms with van der Waals surface area (Å²) in [7, 11) is 0. The lowest BCUT2D eigenvalue weighted by molar-refractivity contribution is 0.757. The van der Waals surface area contributed by atoms with Crippen molar-refractivity contribution in [1.29, 1.82) is 0 Å². The number of halogens is 1. The Balaban J connectivity index is 2.39. The maximum atomic E-state index is 4.49. The van der Waals surface area contributed by atoms with Crippen molar-refractivity contribution in [2.24, 2.45) is 0 Å². The van der Waals surface area contributed by atoms with Crippen molar-refractivity contribution in [2.75, 3.05) is 0 Å². The normalized spacial score (nSPS) is 11.1. The van der Waals surface area contributed by atoms with E-state index in [9.17, 15) is 0 Å². The van der Waals surface area contributed by atoms with Crippen molar-refractivity contribution in [1.82, 2.24) is 14.8 Å². The Labute approximate surface area is 104 Å². The minimum atomic E-state index is 0.442. The molecule has 0 saturated heterocycles. The van der Waals surface area contributed by atoms with E-state index in [1.165, 1.54) is 0 Å². The Bertz CT molecular complexity index is 503. The quantitative estimate of drug-likeness (QED) is 0.843. The SMILES string of the molecule is Cc1cc(-n2ccc(C(C)C)n2)ncc1Br. The highest BCUT2D eigenvalue weighted by molar-refractivity contribution is 9.10. The van der Waals surface area contributed by atoms with Crippen molar-refractivity contribution in [3.8, 4) is 5.82 Å². The summed E-state index contributed by atoms with van der Waals surface area (Å²) in [5.74, 6) is 1.30. The second-order valence-electron chi connectivity index (χ2n) is 4.13. The molecular weight excluding hydrogens is 266 g/mol. The molecule has 0 amide bonds. The maximum absolute atomic E-state index is 4.49. The van der Waals surface area contributed by atoms with Crippen LogP contribution in [0.15, 0.2) is 29.0 Å². The standard InChI is InChI=1S/C12H14BrN3/c1-8(2)11-4-5-16(15-11)12-6-9(3)10(13)7-14-12/h4-8H,1-3H3. The van der Waals surface area contributed by atoms with Crippen LogP contribution in [-0.4, -0.2) is 14.8 Å². The van der Waals surface area contributed by atoms with Crippen LogP contribution in [0.25, 0.3) is 5.82 Å². The minimum Gasteiger partial charge on any atom is -0.236 e. The summed E-state index contributed by atoms with van der Waals surface area (Å²) in [6.07, 6.45) is 3.76. The Morgan fingerprint density at radius 1 is 1.38 bits per heavy atom. The van der Waals surface area contributed by atoms with Crippen molar-refractivity contribution < 1.29 is 0 Å². The van der Waals surface area contributed by atoms with Crippen LogP contribution in [0.5, 0.6) is 0 Å². The van der Waals surface area contributed by atoms with Gasteiger partial charge in [-0.15, -0.1) is 0 Å². The Morgan fingerprint density at radius 2 is 2.12 bits per heavy atom. The van der Waals surface area contributed by atoms with Crippen LogP contribution in [0.1, 0.15) is 31.0 Å². The molecule has 2 aromatic heterocycles. The van der Waals surface area contributed by atoms with Crippen LogP contribution in [0.4, 0.5) is 0 Å². The molecule has 0 fully saturated rings. The average Bonchev–Trinajstić information content (AvgIpc) is 2.71. The van der Waals surface area contributed by atoms with E-state index >= 15 is 0 Å². The third kappa shape index (κ3) is 2.16. The van der Waals surface area contributed by atoms with Gasteiger partial charge >= 0.3 is 0 Å². The van der Waals surface area contributed by atoms with Gasteiger partial charge in [-0.3, -0.25) is 0 Å². The zero-order chi connectivity index (χ0) is 11.7. The van der Waals surface area contributed by atoms with E-state index in [0.717, 1.165) is 21.5 Å². The molecule has 16 heavy (non-hydrogen) atoms. The van der Waals surface area contributed by atoms with E-state index in [4.69, 9.17) is 0 Å². The second kappa shape index (κ2) is 4.37. The molecule has 2 rings (SSSR count). The Morgan fingerprint density at radius 3 is 2.69 bits per heavy atom. The van der Waals surface area contributed by atoms with Gasteiger partial charge in [-0.1, -0.05) is 13.8 Å². The van der Waals surface area contributed by atoms with Gasteiger partial charge in [0.25, 0.3) is 0 Å². The minimum absolute atomic E-state index is 0.442. The third-order valence-electron chi connectivity index (χ3n) is 2.47. The largest absolute Gasteiger partial charge is 0.236 e. The van der Waals surface area contributed by atoms with Gasteiger partial charge in [0.05, 0.1) is 5.69 Å². The van der Waals surface area contributed by atoms with E-state index in [-0.39, 0.29) is 0 Å². The summed E-state index contributed by atoms with van der Waals surface area (Å²) in [4.78, 5) is 4.34. The molecule has 2 heterocycles. The van der Waals surface area contributed by atoms with Gasteiger partial charge in [-0.05, 0) is 46.5 Å². The number of aryl methyl sites for hydroxylation is 1. The highest BCUT2D eigenvalue weighted by Crippen LogP contribution is 2.18. The first-order chi connectivity index (χ1) is 7.58. The molecule has 0 N–H and O–H groups in total. The highest BCUT2D eigenvalue weighted by atomic mass is 79.9. The number of pyridine rings is 1. The summed E-state index contributed by atoms with van der Waals surface area (Å²) in [5.41, 5.74) is 2.24. The van der Waals surface area contributed by atoms with Crippen LogP contribution < -0.4 is 0 Å². The molecule has 0 saturated carbocycles. The smallest absolute Gasteiger partial charge is 0.153 e. The lowest BCUT2D eigenvalue weighted by Crippen LogP contribution is -2.00. The molecule has 0 bridgehead atoms. The molecule has 0 atom stereocenters. The lowest BCUT2D eigenvalue weighted by Gasteiger charge is -2.03. The number of aromatic nitrogens is 3. The molecule has 0 unspecified atom stereocenters. The van der Waals surface area contributed by atoms with Gasteiger partial charge in [0, 0.05) is 16.9 Å². The topological polar surface area (TPSA) is 30.7 Å². The molecule has 0 aliphatic rings. The summed E-state index contributed by atoms with van der Waals surface area (Å²) in [6.45, 7) is 6.31. The summed E-state index contributed by atoms with van der Waals surface area (Å²) in [5, 5.41) is 4.49. The van der Waals surface area contributed by atoms with E-state index in [1.54, 1.807) is 6.20 Å². The summed E-state index contributed by atoms with van der Waals surface area (Å²) < 4.78 is 2.84. The monoisotopic (exact) mass is 279 g/mol. The van der Waals surface area contributed by atoms with E-state index in [1.807, 2.05) is 29.9 Å². The molecule has 2 aromatic rings. The zero-order valence-electron chi connectivity index (χ0n) is 9.61. The highest BCUT2D eigenvalue weighted by Gasteiger charge is 2.06. The lowest BCUT2D eigenvalue weighted by atomic mass is 10.1. The summed E-state index contributed by atoms with van der Waals surface area (Å²) in [6, 6.07) is 4.05. The molecule has 0 radical (unpaired) electrons. The van der Waals surface area contributed by atoms with Crippen LogP contribution in [0.3, 0.4) is 0 Å². The van der Waals surface area contributed by atoms with Gasteiger partial charge in [-0.2, -0.15) is 5.10 Å². The maximum Gasteiger partial charge on any atom is 0.153 e. The Hall–Kier alpha value is -1.16.